The average Bonchev–Trinajstić information content (AvgIpc) is 2.47. The maximum absolute atomic E-state index is 5.15. The van der Waals surface area contributed by atoms with E-state index in [1.54, 1.807) is 14.2 Å². The molecule has 5 nitrogen and oxygen atoms in total. The molecular weight excluding hydrogens is 264 g/mol. The number of nitrogens with zero attached hydrogens (tertiary/aromatic N) is 2. The third-order valence-electron chi connectivity index (χ3n) is 3.74. The first-order valence-electron chi connectivity index (χ1n) is 7.14. The van der Waals surface area contributed by atoms with Crippen molar-refractivity contribution in [2.75, 3.05) is 34.8 Å². The number of hydrogen-bond donors (Lipinski definition) is 2. The quantitative estimate of drug-likeness (QED) is 0.619. The summed E-state index contributed by atoms with van der Waals surface area (Å²) in [6.07, 6.45) is 0. The highest BCUT2D eigenvalue weighted by Gasteiger charge is 2.20. The molecular formula is C16H28N4O. The van der Waals surface area contributed by atoms with Gasteiger partial charge in [0, 0.05) is 25.7 Å². The van der Waals surface area contributed by atoms with E-state index in [1.165, 1.54) is 5.56 Å². The minimum atomic E-state index is 0.0672. The second-order valence-electron chi connectivity index (χ2n) is 5.83. The molecule has 1 rings (SSSR count). The number of nitrogens with one attached hydrogen (secondary N) is 2. The van der Waals surface area contributed by atoms with Crippen molar-refractivity contribution in [1.82, 2.24) is 15.5 Å². The van der Waals surface area contributed by atoms with Gasteiger partial charge in [-0.3, -0.25) is 4.99 Å². The van der Waals surface area contributed by atoms with E-state index >= 15 is 0 Å². The summed E-state index contributed by atoms with van der Waals surface area (Å²) in [6, 6.07) is 8.01. The van der Waals surface area contributed by atoms with Gasteiger partial charge >= 0.3 is 0 Å². The lowest BCUT2D eigenvalue weighted by molar-refractivity contribution is 0.197. The molecule has 0 saturated carbocycles. The van der Waals surface area contributed by atoms with Crippen LogP contribution in [-0.2, 0) is 6.54 Å². The number of hydrogen-bond acceptors (Lipinski definition) is 3. The van der Waals surface area contributed by atoms with Gasteiger partial charge in [0.25, 0.3) is 0 Å². The third kappa shape index (κ3) is 5.63. The minimum absolute atomic E-state index is 0.0672. The molecule has 0 fully saturated rings. The van der Waals surface area contributed by atoms with Crippen molar-refractivity contribution in [1.29, 1.82) is 0 Å². The van der Waals surface area contributed by atoms with Gasteiger partial charge in [-0.05, 0) is 45.6 Å². The van der Waals surface area contributed by atoms with Crippen LogP contribution >= 0.6 is 0 Å². The number of likely N-dealkylation sites (N-methyl/N-ethyl adjacent to an activating group) is 1. The molecule has 0 aliphatic rings. The van der Waals surface area contributed by atoms with Crippen molar-refractivity contribution in [2.24, 2.45) is 4.99 Å². The molecule has 2 N–H and O–H groups in total. The highest BCUT2D eigenvalue weighted by Crippen LogP contribution is 2.11. The van der Waals surface area contributed by atoms with E-state index in [9.17, 15) is 0 Å². The highest BCUT2D eigenvalue weighted by molar-refractivity contribution is 5.79. The number of benzene rings is 1. The average molecular weight is 292 g/mol. The van der Waals surface area contributed by atoms with Gasteiger partial charge in [-0.1, -0.05) is 12.1 Å². The van der Waals surface area contributed by atoms with Gasteiger partial charge in [0.2, 0.25) is 0 Å². The van der Waals surface area contributed by atoms with Gasteiger partial charge in [0.15, 0.2) is 5.96 Å². The Balaban J connectivity index is 2.47. The van der Waals surface area contributed by atoms with Crippen molar-refractivity contribution in [2.45, 2.75) is 25.9 Å². The minimum Gasteiger partial charge on any atom is -0.497 e. The number of methoxy groups -OCH3 is 1. The van der Waals surface area contributed by atoms with Crippen LogP contribution in [0.1, 0.15) is 19.4 Å². The molecule has 21 heavy (non-hydrogen) atoms. The first-order valence-corrected chi connectivity index (χ1v) is 7.14. The van der Waals surface area contributed by atoms with E-state index in [-0.39, 0.29) is 5.54 Å². The van der Waals surface area contributed by atoms with Crippen molar-refractivity contribution < 1.29 is 4.74 Å². The maximum Gasteiger partial charge on any atom is 0.191 e. The van der Waals surface area contributed by atoms with Gasteiger partial charge in [0.1, 0.15) is 5.75 Å². The zero-order valence-electron chi connectivity index (χ0n) is 14.0. The summed E-state index contributed by atoms with van der Waals surface area (Å²) in [5.74, 6) is 1.68. The van der Waals surface area contributed by atoms with Gasteiger partial charge in [0.05, 0.1) is 7.11 Å². The van der Waals surface area contributed by atoms with Crippen molar-refractivity contribution >= 4 is 5.96 Å². The van der Waals surface area contributed by atoms with Gasteiger partial charge in [-0.15, -0.1) is 0 Å². The van der Waals surface area contributed by atoms with Crippen LogP contribution in [0.15, 0.2) is 29.3 Å². The first-order chi connectivity index (χ1) is 9.89. The summed E-state index contributed by atoms with van der Waals surface area (Å²) in [5, 5.41) is 6.67. The summed E-state index contributed by atoms with van der Waals surface area (Å²) < 4.78 is 5.15. The molecule has 0 spiro atoms. The van der Waals surface area contributed by atoms with E-state index in [0.717, 1.165) is 24.8 Å². The number of rotatable bonds is 6. The molecule has 0 amide bonds. The molecule has 0 radical (unpaired) electrons. The normalized spacial score (nSPS) is 12.4. The van der Waals surface area contributed by atoms with Crippen molar-refractivity contribution in [3.8, 4) is 5.75 Å². The predicted octanol–water partition coefficient (Wildman–Crippen LogP) is 1.70. The molecule has 5 heteroatoms. The van der Waals surface area contributed by atoms with Crippen LogP contribution in [0.5, 0.6) is 5.75 Å². The molecule has 0 saturated heterocycles. The lowest BCUT2D eigenvalue weighted by Gasteiger charge is -2.33. The maximum atomic E-state index is 5.15. The molecule has 118 valence electrons. The molecule has 0 heterocycles. The SMILES string of the molecule is CN=C(NCc1ccc(OC)cc1)NCC(C)(C)N(C)C. The smallest absolute Gasteiger partial charge is 0.191 e. The Morgan fingerprint density at radius 2 is 1.81 bits per heavy atom. The fourth-order valence-corrected chi connectivity index (χ4v) is 1.61. The predicted molar refractivity (Wildman–Crippen MR) is 89.0 cm³/mol. The van der Waals surface area contributed by atoms with Crippen LogP contribution in [0, 0.1) is 0 Å². The molecule has 1 aromatic carbocycles. The molecule has 0 unspecified atom stereocenters. The Kier molecular flexibility index (Phi) is 6.49. The Labute approximate surface area is 128 Å². The molecule has 0 aliphatic carbocycles. The lowest BCUT2D eigenvalue weighted by Crippen LogP contribution is -2.50. The van der Waals surface area contributed by atoms with Crippen LogP contribution in [0.4, 0.5) is 0 Å². The van der Waals surface area contributed by atoms with Gasteiger partial charge < -0.3 is 20.3 Å². The number of aliphatic imine (C=N–C) groups is 1. The Morgan fingerprint density at radius 1 is 1.19 bits per heavy atom. The van der Waals surface area contributed by atoms with Gasteiger partial charge in [-0.25, -0.2) is 0 Å². The second-order valence-corrected chi connectivity index (χ2v) is 5.83. The fourth-order valence-electron chi connectivity index (χ4n) is 1.61. The summed E-state index contributed by atoms with van der Waals surface area (Å²) in [6.45, 7) is 5.93. The largest absolute Gasteiger partial charge is 0.497 e. The zero-order chi connectivity index (χ0) is 15.9. The third-order valence-corrected chi connectivity index (χ3v) is 3.74. The summed E-state index contributed by atoms with van der Waals surface area (Å²) in [4.78, 5) is 6.44. The number of guanidine groups is 1. The molecule has 0 aliphatic heterocycles. The van der Waals surface area contributed by atoms with Crippen LogP contribution in [0.3, 0.4) is 0 Å². The van der Waals surface area contributed by atoms with E-state index in [0.29, 0.717) is 0 Å². The number of ether oxygens (including phenoxy) is 1. The fraction of sp³-hybridized carbons (Fsp3) is 0.562. The van der Waals surface area contributed by atoms with E-state index in [2.05, 4.69) is 48.5 Å². The second kappa shape index (κ2) is 7.88. The van der Waals surface area contributed by atoms with E-state index in [4.69, 9.17) is 4.74 Å². The zero-order valence-corrected chi connectivity index (χ0v) is 14.0. The molecule has 1 aromatic rings. The van der Waals surface area contributed by atoms with Crippen LogP contribution in [0.25, 0.3) is 0 Å². The standard InChI is InChI=1S/C16H28N4O/c1-16(2,20(4)5)12-19-15(17-3)18-11-13-7-9-14(21-6)10-8-13/h7-10H,11-12H2,1-6H3,(H2,17,18,19). The molecule has 0 atom stereocenters. The van der Waals surface area contributed by atoms with E-state index in [1.807, 2.05) is 24.3 Å². The topological polar surface area (TPSA) is 48.9 Å². The van der Waals surface area contributed by atoms with Crippen molar-refractivity contribution in [3.63, 3.8) is 0 Å². The monoisotopic (exact) mass is 292 g/mol. The summed E-state index contributed by atoms with van der Waals surface area (Å²) in [5.41, 5.74) is 1.25. The van der Waals surface area contributed by atoms with E-state index < -0.39 is 0 Å². The summed E-state index contributed by atoms with van der Waals surface area (Å²) in [7, 11) is 7.61. The first kappa shape index (κ1) is 17.3. The van der Waals surface area contributed by atoms with Crippen LogP contribution < -0.4 is 15.4 Å². The highest BCUT2D eigenvalue weighted by atomic mass is 16.5. The molecule has 0 bridgehead atoms. The van der Waals surface area contributed by atoms with Gasteiger partial charge in [-0.2, -0.15) is 0 Å². The Morgan fingerprint density at radius 3 is 2.29 bits per heavy atom. The Hall–Kier alpha value is -1.75. The van der Waals surface area contributed by atoms with Crippen molar-refractivity contribution in [3.05, 3.63) is 29.8 Å². The Bertz CT molecular complexity index is 452. The lowest BCUT2D eigenvalue weighted by atomic mass is 10.0. The summed E-state index contributed by atoms with van der Waals surface area (Å²) >= 11 is 0. The van der Waals surface area contributed by atoms with Crippen LogP contribution in [0.2, 0.25) is 0 Å². The molecule has 0 aromatic heterocycles. The van der Waals surface area contributed by atoms with Crippen LogP contribution in [-0.4, -0.2) is 51.2 Å².